The van der Waals surface area contributed by atoms with Gasteiger partial charge in [0, 0.05) is 22.6 Å². The molecule has 1 aromatic carbocycles. The van der Waals surface area contributed by atoms with Crippen LogP contribution in [0, 0.1) is 0 Å². The standard InChI is InChI=1S/C7H6O4.Ni/c8-4-1-2-5(7(10)11)6(9)3-4;/h1-3,8-9H,(H,10,11);. The van der Waals surface area contributed by atoms with Gasteiger partial charge in [-0.25, -0.2) is 4.79 Å². The van der Waals surface area contributed by atoms with E-state index < -0.39 is 11.7 Å². The first kappa shape index (κ1) is 10.8. The van der Waals surface area contributed by atoms with E-state index in [0.29, 0.717) is 0 Å². The first-order valence-corrected chi connectivity index (χ1v) is 2.86. The normalized spacial score (nSPS) is 8.67. The van der Waals surface area contributed by atoms with E-state index in [9.17, 15) is 4.79 Å². The minimum Gasteiger partial charge on any atom is -0.508 e. The molecule has 12 heavy (non-hydrogen) atoms. The Morgan fingerprint density at radius 3 is 2.25 bits per heavy atom. The monoisotopic (exact) mass is 212 g/mol. The van der Waals surface area contributed by atoms with E-state index >= 15 is 0 Å². The molecule has 0 heterocycles. The summed E-state index contributed by atoms with van der Waals surface area (Å²) in [5.41, 5.74) is -0.220. The van der Waals surface area contributed by atoms with Crippen LogP contribution >= 0.6 is 0 Å². The smallest absolute Gasteiger partial charge is 0.339 e. The van der Waals surface area contributed by atoms with Crippen molar-refractivity contribution < 1.29 is 36.6 Å². The van der Waals surface area contributed by atoms with Crippen LogP contribution in [0.15, 0.2) is 18.2 Å². The molecular weight excluding hydrogens is 207 g/mol. The predicted molar refractivity (Wildman–Crippen MR) is 36.7 cm³/mol. The fourth-order valence-electron chi connectivity index (χ4n) is 0.701. The fraction of sp³-hybridized carbons (Fsp3) is 0. The SMILES string of the molecule is O=C(O)c1ccc(O)cc1O.[Ni]. The Hall–Kier alpha value is -1.22. The molecule has 0 aliphatic rings. The number of phenols is 2. The van der Waals surface area contributed by atoms with Gasteiger partial charge in [0.1, 0.15) is 17.1 Å². The topological polar surface area (TPSA) is 77.8 Å². The number of aromatic carboxylic acids is 1. The maximum Gasteiger partial charge on any atom is 0.339 e. The van der Waals surface area contributed by atoms with Gasteiger partial charge < -0.3 is 15.3 Å². The third-order valence-corrected chi connectivity index (χ3v) is 1.21. The Labute approximate surface area is 78.4 Å². The van der Waals surface area contributed by atoms with Gasteiger partial charge in [0.25, 0.3) is 0 Å². The number of carboxylic acid groups (broad SMARTS) is 1. The molecule has 68 valence electrons. The van der Waals surface area contributed by atoms with Gasteiger partial charge in [-0.3, -0.25) is 0 Å². The van der Waals surface area contributed by atoms with E-state index in [1.165, 1.54) is 6.07 Å². The van der Waals surface area contributed by atoms with E-state index in [-0.39, 0.29) is 27.8 Å². The van der Waals surface area contributed by atoms with E-state index in [2.05, 4.69) is 0 Å². The van der Waals surface area contributed by atoms with Gasteiger partial charge in [-0.05, 0) is 12.1 Å². The van der Waals surface area contributed by atoms with Crippen LogP contribution in [0.3, 0.4) is 0 Å². The molecule has 0 bridgehead atoms. The summed E-state index contributed by atoms with van der Waals surface area (Å²) in [6.45, 7) is 0. The number of carboxylic acids is 1. The van der Waals surface area contributed by atoms with E-state index in [4.69, 9.17) is 15.3 Å². The second-order valence-corrected chi connectivity index (χ2v) is 2.01. The first-order chi connectivity index (χ1) is 5.11. The second kappa shape index (κ2) is 3.97. The predicted octanol–water partition coefficient (Wildman–Crippen LogP) is 0.793. The maximum atomic E-state index is 10.3. The molecule has 0 fully saturated rings. The molecule has 0 aromatic heterocycles. The van der Waals surface area contributed by atoms with Gasteiger partial charge in [-0.1, -0.05) is 0 Å². The van der Waals surface area contributed by atoms with Crippen LogP contribution in [-0.2, 0) is 16.5 Å². The molecule has 0 aliphatic carbocycles. The van der Waals surface area contributed by atoms with Crippen LogP contribution in [-0.4, -0.2) is 21.3 Å². The minimum absolute atomic E-state index is 0. The third kappa shape index (κ3) is 2.14. The van der Waals surface area contributed by atoms with E-state index in [1.807, 2.05) is 0 Å². The van der Waals surface area contributed by atoms with Crippen molar-refractivity contribution in [2.24, 2.45) is 0 Å². The molecule has 0 spiro atoms. The van der Waals surface area contributed by atoms with E-state index in [1.54, 1.807) is 0 Å². The Bertz CT molecular complexity index is 297. The van der Waals surface area contributed by atoms with Gasteiger partial charge in [0.05, 0.1) is 0 Å². The van der Waals surface area contributed by atoms with Gasteiger partial charge in [0.2, 0.25) is 0 Å². The van der Waals surface area contributed by atoms with Crippen molar-refractivity contribution in [1.29, 1.82) is 0 Å². The summed E-state index contributed by atoms with van der Waals surface area (Å²) in [4.78, 5) is 10.3. The molecule has 1 aromatic rings. The first-order valence-electron chi connectivity index (χ1n) is 2.86. The average molecular weight is 213 g/mol. The zero-order valence-corrected chi connectivity index (χ0v) is 6.79. The van der Waals surface area contributed by atoms with Gasteiger partial charge in [-0.2, -0.15) is 0 Å². The fourth-order valence-corrected chi connectivity index (χ4v) is 0.701. The summed E-state index contributed by atoms with van der Waals surface area (Å²) in [5.74, 6) is -1.81. The molecule has 1 rings (SSSR count). The molecule has 0 radical (unpaired) electrons. The number of carbonyl (C=O) groups is 1. The number of benzene rings is 1. The Kier molecular flexibility index (Phi) is 3.57. The molecule has 4 nitrogen and oxygen atoms in total. The van der Waals surface area contributed by atoms with Crippen molar-refractivity contribution in [3.8, 4) is 11.5 Å². The van der Waals surface area contributed by atoms with Gasteiger partial charge >= 0.3 is 5.97 Å². The minimum atomic E-state index is -1.22. The van der Waals surface area contributed by atoms with Crippen LogP contribution in [0.5, 0.6) is 11.5 Å². The number of rotatable bonds is 1. The quantitative estimate of drug-likeness (QED) is 0.602. The van der Waals surface area contributed by atoms with Crippen molar-refractivity contribution in [1.82, 2.24) is 0 Å². The molecule has 0 saturated heterocycles. The number of aromatic hydroxyl groups is 2. The second-order valence-electron chi connectivity index (χ2n) is 2.01. The average Bonchev–Trinajstić information content (AvgIpc) is 1.85. The summed E-state index contributed by atoms with van der Waals surface area (Å²) in [6, 6.07) is 3.31. The van der Waals surface area contributed by atoms with Crippen LogP contribution < -0.4 is 0 Å². The largest absolute Gasteiger partial charge is 0.508 e. The van der Waals surface area contributed by atoms with Crippen LogP contribution in [0.2, 0.25) is 0 Å². The van der Waals surface area contributed by atoms with Crippen molar-refractivity contribution in [3.63, 3.8) is 0 Å². The van der Waals surface area contributed by atoms with Crippen molar-refractivity contribution >= 4 is 5.97 Å². The van der Waals surface area contributed by atoms with Crippen LogP contribution in [0.1, 0.15) is 10.4 Å². The summed E-state index contributed by atoms with van der Waals surface area (Å²) in [7, 11) is 0. The molecule has 0 unspecified atom stereocenters. The third-order valence-electron chi connectivity index (χ3n) is 1.21. The summed E-state index contributed by atoms with van der Waals surface area (Å²) in [5, 5.41) is 26.1. The molecule has 0 amide bonds. The Morgan fingerprint density at radius 1 is 1.25 bits per heavy atom. The van der Waals surface area contributed by atoms with Gasteiger partial charge in [-0.15, -0.1) is 0 Å². The van der Waals surface area contributed by atoms with Gasteiger partial charge in [0.15, 0.2) is 0 Å². The summed E-state index contributed by atoms with van der Waals surface area (Å²) < 4.78 is 0. The summed E-state index contributed by atoms with van der Waals surface area (Å²) >= 11 is 0. The molecular formula is C7H6NiO4. The van der Waals surface area contributed by atoms with Crippen LogP contribution in [0.4, 0.5) is 0 Å². The number of hydrogen-bond acceptors (Lipinski definition) is 3. The maximum absolute atomic E-state index is 10.3. The van der Waals surface area contributed by atoms with Crippen molar-refractivity contribution in [2.45, 2.75) is 0 Å². The molecule has 0 saturated carbocycles. The Balaban J connectivity index is 0.00000121. The number of hydrogen-bond donors (Lipinski definition) is 3. The van der Waals surface area contributed by atoms with Crippen molar-refractivity contribution in [2.75, 3.05) is 0 Å². The molecule has 3 N–H and O–H groups in total. The summed E-state index contributed by atoms with van der Waals surface area (Å²) in [6.07, 6.45) is 0. The molecule has 0 atom stereocenters. The van der Waals surface area contributed by atoms with Crippen molar-refractivity contribution in [3.05, 3.63) is 23.8 Å². The molecule has 0 aliphatic heterocycles. The Morgan fingerprint density at radius 2 is 1.83 bits per heavy atom. The zero-order valence-electron chi connectivity index (χ0n) is 5.80. The van der Waals surface area contributed by atoms with Crippen LogP contribution in [0.25, 0.3) is 0 Å². The number of phenolic OH excluding ortho intramolecular Hbond substituents is 1. The zero-order chi connectivity index (χ0) is 8.43. The van der Waals surface area contributed by atoms with E-state index in [0.717, 1.165) is 12.1 Å². The molecule has 5 heteroatoms.